The van der Waals surface area contributed by atoms with Crippen LogP contribution in [-0.4, -0.2) is 10.5 Å². The van der Waals surface area contributed by atoms with E-state index in [1.54, 1.807) is 0 Å². The molecule has 0 fully saturated rings. The van der Waals surface area contributed by atoms with Gasteiger partial charge < -0.3 is 0 Å². The van der Waals surface area contributed by atoms with Crippen molar-refractivity contribution >= 4 is 17.2 Å². The van der Waals surface area contributed by atoms with Crippen LogP contribution in [-0.2, 0) is 4.79 Å². The summed E-state index contributed by atoms with van der Waals surface area (Å²) in [5.41, 5.74) is 4.59. The number of benzene rings is 1. The van der Waals surface area contributed by atoms with Gasteiger partial charge in [-0.15, -0.1) is 16.4 Å². The van der Waals surface area contributed by atoms with Gasteiger partial charge in [0.1, 0.15) is 0 Å². The van der Waals surface area contributed by atoms with E-state index in [2.05, 4.69) is 10.5 Å². The van der Waals surface area contributed by atoms with Crippen molar-refractivity contribution in [1.82, 2.24) is 9.99 Å². The summed E-state index contributed by atoms with van der Waals surface area (Å²) in [4.78, 5) is 11.6. The van der Waals surface area contributed by atoms with Gasteiger partial charge in [0.2, 0.25) is 10.7 Å². The molecule has 0 bridgehead atoms. The van der Waals surface area contributed by atoms with Crippen LogP contribution >= 0.6 is 11.3 Å². The number of aryl methyl sites for hydroxylation is 1. The Morgan fingerprint density at radius 1 is 1.35 bits per heavy atom. The maximum atomic E-state index is 10.9. The topological polar surface area (TPSA) is 46.4 Å². The lowest BCUT2D eigenvalue weighted by Gasteiger charge is -2.04. The van der Waals surface area contributed by atoms with Crippen molar-refractivity contribution in [1.29, 1.82) is 0 Å². The minimum Gasteiger partial charge on any atom is -0.288 e. The number of amides is 1. The third-order valence-corrected chi connectivity index (χ3v) is 3.15. The molecule has 0 aliphatic heterocycles. The molecule has 0 saturated heterocycles. The normalized spacial score (nSPS) is 11.5. The lowest BCUT2D eigenvalue weighted by atomic mass is 10.3. The summed E-state index contributed by atoms with van der Waals surface area (Å²) in [5.74, 6) is -0.171. The highest BCUT2D eigenvalue weighted by atomic mass is 32.1. The molecule has 0 aliphatic rings. The first kappa shape index (κ1) is 11.6. The summed E-state index contributed by atoms with van der Waals surface area (Å²) < 4.78 is 2.00. The van der Waals surface area contributed by atoms with Crippen LogP contribution in [0.3, 0.4) is 0 Å². The van der Waals surface area contributed by atoms with Crippen LogP contribution in [0.15, 0.2) is 40.8 Å². The van der Waals surface area contributed by atoms with Crippen molar-refractivity contribution in [2.75, 3.05) is 0 Å². The number of nitrogens with zero attached hydrogens (tertiary/aromatic N) is 2. The highest BCUT2D eigenvalue weighted by Gasteiger charge is 2.03. The van der Waals surface area contributed by atoms with Gasteiger partial charge in [0.05, 0.1) is 0 Å². The number of thiazole rings is 1. The minimum atomic E-state index is -0.171. The van der Waals surface area contributed by atoms with Gasteiger partial charge >= 0.3 is 0 Å². The Morgan fingerprint density at radius 2 is 2.06 bits per heavy atom. The highest BCUT2D eigenvalue weighted by Crippen LogP contribution is 2.09. The number of hydrogen-bond donors (Lipinski definition) is 1. The first-order valence-electron chi connectivity index (χ1n) is 5.21. The van der Waals surface area contributed by atoms with Crippen molar-refractivity contribution in [3.63, 3.8) is 0 Å². The predicted molar refractivity (Wildman–Crippen MR) is 67.8 cm³/mol. The smallest absolute Gasteiger partial charge is 0.237 e. The molecule has 1 amide bonds. The fourth-order valence-corrected chi connectivity index (χ4v) is 2.32. The van der Waals surface area contributed by atoms with Crippen molar-refractivity contribution in [2.45, 2.75) is 13.8 Å². The average molecular weight is 247 g/mol. The molecule has 0 atom stereocenters. The Hall–Kier alpha value is -1.88. The van der Waals surface area contributed by atoms with E-state index in [0.29, 0.717) is 0 Å². The second kappa shape index (κ2) is 4.97. The molecule has 17 heavy (non-hydrogen) atoms. The Bertz CT molecular complexity index is 583. The molecule has 1 heterocycles. The monoisotopic (exact) mass is 247 g/mol. The Morgan fingerprint density at radius 3 is 2.71 bits per heavy atom. The van der Waals surface area contributed by atoms with Crippen LogP contribution in [0.1, 0.15) is 12.6 Å². The third-order valence-electron chi connectivity index (χ3n) is 2.20. The zero-order chi connectivity index (χ0) is 12.3. The highest BCUT2D eigenvalue weighted by molar-refractivity contribution is 7.07. The molecule has 0 spiro atoms. The van der Waals surface area contributed by atoms with Crippen LogP contribution < -0.4 is 10.2 Å². The second-order valence-electron chi connectivity index (χ2n) is 3.61. The SMILES string of the molecule is CC(=O)N/N=c1/scc(C)n1-c1ccccc1. The van der Waals surface area contributed by atoms with Crippen LogP contribution in [0, 0.1) is 6.92 Å². The number of carbonyl (C=O) groups excluding carboxylic acids is 1. The van der Waals surface area contributed by atoms with E-state index < -0.39 is 0 Å². The number of carbonyl (C=O) groups is 1. The molecule has 1 aromatic carbocycles. The number of para-hydroxylation sites is 1. The lowest BCUT2D eigenvalue weighted by molar-refractivity contribution is -0.119. The van der Waals surface area contributed by atoms with Crippen LogP contribution in [0.4, 0.5) is 0 Å². The Kier molecular flexibility index (Phi) is 3.39. The van der Waals surface area contributed by atoms with Crippen LogP contribution in [0.25, 0.3) is 5.69 Å². The van der Waals surface area contributed by atoms with Gasteiger partial charge in [0, 0.05) is 23.7 Å². The number of nitrogens with one attached hydrogen (secondary N) is 1. The fourth-order valence-electron chi connectivity index (χ4n) is 1.49. The minimum absolute atomic E-state index is 0.171. The first-order chi connectivity index (χ1) is 8.18. The first-order valence-corrected chi connectivity index (χ1v) is 6.09. The van der Waals surface area contributed by atoms with E-state index in [-0.39, 0.29) is 5.91 Å². The van der Waals surface area contributed by atoms with E-state index >= 15 is 0 Å². The zero-order valence-corrected chi connectivity index (χ0v) is 10.5. The predicted octanol–water partition coefficient (Wildman–Crippen LogP) is 1.80. The van der Waals surface area contributed by atoms with E-state index in [0.717, 1.165) is 16.2 Å². The number of rotatable bonds is 2. The van der Waals surface area contributed by atoms with E-state index in [1.165, 1.54) is 18.3 Å². The number of aromatic nitrogens is 1. The molecule has 0 unspecified atom stereocenters. The second-order valence-corrected chi connectivity index (χ2v) is 4.45. The Balaban J connectivity index is 2.51. The lowest BCUT2D eigenvalue weighted by Crippen LogP contribution is -2.22. The van der Waals surface area contributed by atoms with Gasteiger partial charge in [-0.05, 0) is 19.1 Å². The molecule has 5 heteroatoms. The molecule has 2 rings (SSSR count). The van der Waals surface area contributed by atoms with Gasteiger partial charge in [-0.3, -0.25) is 9.36 Å². The van der Waals surface area contributed by atoms with Crippen LogP contribution in [0.5, 0.6) is 0 Å². The standard InChI is InChI=1S/C12H13N3OS/c1-9-8-17-12(14-13-10(2)16)15(9)11-6-4-3-5-7-11/h3-8H,1-2H3,(H,13,16)/b14-12+. The summed E-state index contributed by atoms with van der Waals surface area (Å²) >= 11 is 1.49. The molecule has 1 N–H and O–H groups in total. The fraction of sp³-hybridized carbons (Fsp3) is 0.167. The van der Waals surface area contributed by atoms with Gasteiger partial charge in [0.25, 0.3) is 0 Å². The van der Waals surface area contributed by atoms with E-state index in [4.69, 9.17) is 0 Å². The van der Waals surface area contributed by atoms with Gasteiger partial charge in [0.15, 0.2) is 0 Å². The van der Waals surface area contributed by atoms with Gasteiger partial charge in [-0.2, -0.15) is 0 Å². The van der Waals surface area contributed by atoms with Crippen LogP contribution in [0.2, 0.25) is 0 Å². The molecule has 0 aliphatic carbocycles. The van der Waals surface area contributed by atoms with Gasteiger partial charge in [-0.25, -0.2) is 5.43 Å². The molecule has 1 aromatic heterocycles. The maximum Gasteiger partial charge on any atom is 0.237 e. The summed E-state index contributed by atoms with van der Waals surface area (Å²) in [7, 11) is 0. The molecule has 88 valence electrons. The zero-order valence-electron chi connectivity index (χ0n) is 9.68. The summed E-state index contributed by atoms with van der Waals surface area (Å²) in [5, 5.41) is 6.09. The molecule has 4 nitrogen and oxygen atoms in total. The third kappa shape index (κ3) is 2.62. The van der Waals surface area contributed by atoms with Crippen molar-refractivity contribution in [3.8, 4) is 5.69 Å². The van der Waals surface area contributed by atoms with E-state index in [1.807, 2.05) is 47.2 Å². The Labute approximate surface area is 103 Å². The van der Waals surface area contributed by atoms with Crippen molar-refractivity contribution in [3.05, 3.63) is 46.2 Å². The quantitative estimate of drug-likeness (QED) is 0.808. The molecule has 2 aromatic rings. The molecular formula is C12H13N3OS. The maximum absolute atomic E-state index is 10.9. The van der Waals surface area contributed by atoms with Gasteiger partial charge in [-0.1, -0.05) is 18.2 Å². The van der Waals surface area contributed by atoms with E-state index in [9.17, 15) is 4.79 Å². The average Bonchev–Trinajstić information content (AvgIpc) is 2.69. The molecular weight excluding hydrogens is 234 g/mol. The largest absolute Gasteiger partial charge is 0.288 e. The summed E-state index contributed by atoms with van der Waals surface area (Å²) in [6.45, 7) is 3.45. The number of hydrogen-bond acceptors (Lipinski definition) is 3. The summed E-state index contributed by atoms with van der Waals surface area (Å²) in [6.07, 6.45) is 0. The molecule has 0 saturated carbocycles. The van der Waals surface area contributed by atoms with Crippen molar-refractivity contribution < 1.29 is 4.79 Å². The van der Waals surface area contributed by atoms with Crippen molar-refractivity contribution in [2.24, 2.45) is 5.10 Å². The summed E-state index contributed by atoms with van der Waals surface area (Å²) in [6, 6.07) is 9.93. The molecule has 0 radical (unpaired) electrons.